The number of hydrogen-bond donors (Lipinski definition) is 1. The highest BCUT2D eigenvalue weighted by Crippen LogP contribution is 2.40. The number of piperidine rings is 1. The van der Waals surface area contributed by atoms with Gasteiger partial charge in [-0.3, -0.25) is 9.48 Å². The normalized spacial score (nSPS) is 24.8. The van der Waals surface area contributed by atoms with Gasteiger partial charge in [0.2, 0.25) is 5.91 Å². The van der Waals surface area contributed by atoms with Crippen molar-refractivity contribution >= 4 is 5.91 Å². The Kier molecular flexibility index (Phi) is 4.80. The molecule has 26 heavy (non-hydrogen) atoms. The molecule has 140 valence electrons. The zero-order valence-electron chi connectivity index (χ0n) is 15.6. The van der Waals surface area contributed by atoms with Gasteiger partial charge in [0, 0.05) is 62.9 Å². The summed E-state index contributed by atoms with van der Waals surface area (Å²) in [6, 6.07) is 2.96. The van der Waals surface area contributed by atoms with E-state index in [2.05, 4.69) is 31.8 Å². The third-order valence-electron chi connectivity index (χ3n) is 5.55. The molecule has 2 aliphatic rings. The van der Waals surface area contributed by atoms with Gasteiger partial charge in [-0.15, -0.1) is 0 Å². The van der Waals surface area contributed by atoms with E-state index in [0.29, 0.717) is 18.5 Å². The third-order valence-corrected chi connectivity index (χ3v) is 5.55. The Morgan fingerprint density at radius 3 is 2.77 bits per heavy atom. The number of nitrogens with one attached hydrogen (secondary N) is 1. The van der Waals surface area contributed by atoms with Gasteiger partial charge in [0.05, 0.1) is 0 Å². The summed E-state index contributed by atoms with van der Waals surface area (Å²) in [6.07, 6.45) is 12.3. The molecule has 3 heterocycles. The van der Waals surface area contributed by atoms with E-state index in [1.165, 1.54) is 0 Å². The fraction of sp³-hybridized carbons (Fsp3) is 0.632. The maximum Gasteiger partial charge on any atom is 0.223 e. The highest BCUT2D eigenvalue weighted by molar-refractivity contribution is 5.78. The minimum atomic E-state index is 0.0240. The van der Waals surface area contributed by atoms with Crippen LogP contribution >= 0.6 is 0 Å². The van der Waals surface area contributed by atoms with Crippen LogP contribution in [0.2, 0.25) is 0 Å². The number of imidazole rings is 1. The molecule has 7 heteroatoms. The van der Waals surface area contributed by atoms with Crippen LogP contribution < -0.4 is 5.32 Å². The summed E-state index contributed by atoms with van der Waals surface area (Å²) < 4.78 is 4.02. The lowest BCUT2D eigenvalue weighted by Gasteiger charge is -2.42. The summed E-state index contributed by atoms with van der Waals surface area (Å²) in [7, 11) is 2.02. The zero-order chi connectivity index (χ0) is 18.1. The summed E-state index contributed by atoms with van der Waals surface area (Å²) in [6.45, 7) is 3.11. The molecule has 2 aromatic heterocycles. The molecule has 0 bridgehead atoms. The smallest absolute Gasteiger partial charge is 0.223 e. The van der Waals surface area contributed by atoms with Crippen molar-refractivity contribution in [2.24, 2.45) is 7.05 Å². The van der Waals surface area contributed by atoms with Crippen molar-refractivity contribution in [2.75, 3.05) is 0 Å². The van der Waals surface area contributed by atoms with E-state index in [4.69, 9.17) is 0 Å². The van der Waals surface area contributed by atoms with Crippen LogP contribution in [0.3, 0.4) is 0 Å². The maximum absolute atomic E-state index is 12.7. The fourth-order valence-corrected chi connectivity index (χ4v) is 4.05. The van der Waals surface area contributed by atoms with Gasteiger partial charge >= 0.3 is 0 Å². The molecular weight excluding hydrogens is 328 g/mol. The molecule has 0 spiro atoms. The van der Waals surface area contributed by atoms with Crippen molar-refractivity contribution in [3.05, 3.63) is 36.7 Å². The first-order valence-electron chi connectivity index (χ1n) is 9.65. The minimum Gasteiger partial charge on any atom is -0.336 e. The van der Waals surface area contributed by atoms with E-state index in [9.17, 15) is 4.79 Å². The van der Waals surface area contributed by atoms with Crippen molar-refractivity contribution in [3.63, 3.8) is 0 Å². The number of nitrogens with zero attached hydrogens (tertiary/aromatic N) is 5. The number of aryl methyl sites for hydroxylation is 2. The highest BCUT2D eigenvalue weighted by atomic mass is 16.2. The van der Waals surface area contributed by atoms with Gasteiger partial charge < -0.3 is 14.8 Å². The van der Waals surface area contributed by atoms with E-state index in [1.54, 1.807) is 0 Å². The van der Waals surface area contributed by atoms with Crippen molar-refractivity contribution in [3.8, 4) is 0 Å². The molecular formula is C19H28N6O. The Labute approximate surface area is 154 Å². The van der Waals surface area contributed by atoms with Gasteiger partial charge in [0.1, 0.15) is 11.9 Å². The second-order valence-corrected chi connectivity index (χ2v) is 7.64. The van der Waals surface area contributed by atoms with Gasteiger partial charge in [0.15, 0.2) is 0 Å². The Bertz CT molecular complexity index is 735. The zero-order valence-corrected chi connectivity index (χ0v) is 15.6. The molecule has 1 unspecified atom stereocenters. The molecule has 1 aliphatic carbocycles. The topological polar surface area (TPSA) is 68.0 Å². The molecule has 1 saturated heterocycles. The van der Waals surface area contributed by atoms with Crippen LogP contribution in [0, 0.1) is 0 Å². The summed E-state index contributed by atoms with van der Waals surface area (Å²) in [4.78, 5) is 19.4. The quantitative estimate of drug-likeness (QED) is 0.822. The predicted octanol–water partition coefficient (Wildman–Crippen LogP) is 1.88. The molecule has 1 aliphatic heterocycles. The average Bonchev–Trinajstić information content (AvgIpc) is 3.14. The maximum atomic E-state index is 12.7. The Morgan fingerprint density at radius 2 is 2.12 bits per heavy atom. The van der Waals surface area contributed by atoms with Gasteiger partial charge in [-0.05, 0) is 38.7 Å². The van der Waals surface area contributed by atoms with E-state index in [1.807, 2.05) is 42.6 Å². The largest absolute Gasteiger partial charge is 0.336 e. The van der Waals surface area contributed by atoms with Gasteiger partial charge in [-0.25, -0.2) is 4.98 Å². The number of rotatable bonds is 7. The van der Waals surface area contributed by atoms with E-state index >= 15 is 0 Å². The monoisotopic (exact) mass is 356 g/mol. The van der Waals surface area contributed by atoms with Crippen LogP contribution in [0.4, 0.5) is 0 Å². The number of aromatic nitrogens is 4. The number of likely N-dealkylation sites (tertiary alicyclic amines) is 1. The van der Waals surface area contributed by atoms with Gasteiger partial charge in [-0.2, -0.15) is 5.10 Å². The van der Waals surface area contributed by atoms with Gasteiger partial charge in [-0.1, -0.05) is 0 Å². The molecule has 1 N–H and O–H groups in total. The van der Waals surface area contributed by atoms with E-state index < -0.39 is 0 Å². The van der Waals surface area contributed by atoms with Gasteiger partial charge in [0.25, 0.3) is 0 Å². The average molecular weight is 356 g/mol. The van der Waals surface area contributed by atoms with Crippen LogP contribution in [0.5, 0.6) is 0 Å². The lowest BCUT2D eigenvalue weighted by Crippen LogP contribution is -2.54. The molecule has 2 fully saturated rings. The van der Waals surface area contributed by atoms with Crippen LogP contribution in [-0.2, 0) is 18.4 Å². The molecule has 0 radical (unpaired) electrons. The number of amides is 1. The molecule has 2 aromatic rings. The van der Waals surface area contributed by atoms with Crippen LogP contribution in [-0.4, -0.2) is 48.3 Å². The van der Waals surface area contributed by atoms with E-state index in [0.717, 1.165) is 38.1 Å². The number of carbonyl (C=O) groups is 1. The van der Waals surface area contributed by atoms with Crippen LogP contribution in [0.1, 0.15) is 50.9 Å². The molecule has 3 atom stereocenters. The summed E-state index contributed by atoms with van der Waals surface area (Å²) >= 11 is 0. The fourth-order valence-electron chi connectivity index (χ4n) is 4.05. The number of hydrogen-bond acceptors (Lipinski definition) is 4. The summed E-state index contributed by atoms with van der Waals surface area (Å²) in [5.74, 6) is 1.27. The second kappa shape index (κ2) is 7.23. The number of carbonyl (C=O) groups excluding carboxylic acids is 1. The standard InChI is InChI=1S/C19H28N6O/c1-14(8-12-24-11-3-9-21-24)22-16-6-7-17(26)25(15-4-5-15)18(16)19-20-10-13-23(19)2/h3,9-11,13-16,18,22H,4-8,12H2,1-2H3/t14?,16-,18-/m1/s1. The highest BCUT2D eigenvalue weighted by Gasteiger charge is 2.45. The molecule has 1 amide bonds. The first kappa shape index (κ1) is 17.3. The van der Waals surface area contributed by atoms with Crippen molar-refractivity contribution in [1.82, 2.24) is 29.5 Å². The molecule has 1 saturated carbocycles. The molecule has 0 aromatic carbocycles. The summed E-state index contributed by atoms with van der Waals surface area (Å²) in [5, 5.41) is 8.07. The van der Waals surface area contributed by atoms with E-state index in [-0.39, 0.29) is 18.0 Å². The first-order chi connectivity index (χ1) is 12.6. The lowest BCUT2D eigenvalue weighted by atomic mass is 9.93. The Balaban J connectivity index is 1.49. The predicted molar refractivity (Wildman–Crippen MR) is 98.3 cm³/mol. The van der Waals surface area contributed by atoms with Crippen molar-refractivity contribution in [2.45, 2.75) is 69.7 Å². The SMILES string of the molecule is CC(CCn1cccn1)N[C@@H]1CCC(=O)N(C2CC2)[C@H]1c1nccn1C. The lowest BCUT2D eigenvalue weighted by molar-refractivity contribution is -0.139. The Morgan fingerprint density at radius 1 is 1.27 bits per heavy atom. The second-order valence-electron chi connectivity index (χ2n) is 7.64. The van der Waals surface area contributed by atoms with Crippen molar-refractivity contribution < 1.29 is 4.79 Å². The molecule has 4 rings (SSSR count). The van der Waals surface area contributed by atoms with Crippen LogP contribution in [0.25, 0.3) is 0 Å². The molecule has 7 nitrogen and oxygen atoms in total. The van der Waals surface area contributed by atoms with Crippen LogP contribution in [0.15, 0.2) is 30.9 Å². The summed E-state index contributed by atoms with van der Waals surface area (Å²) in [5.41, 5.74) is 0. The minimum absolute atomic E-state index is 0.0240. The third kappa shape index (κ3) is 3.53. The first-order valence-corrected chi connectivity index (χ1v) is 9.65. The van der Waals surface area contributed by atoms with Crippen molar-refractivity contribution in [1.29, 1.82) is 0 Å². The Hall–Kier alpha value is -2.15.